The van der Waals surface area contributed by atoms with Crippen molar-refractivity contribution in [1.29, 1.82) is 0 Å². The van der Waals surface area contributed by atoms with E-state index in [2.05, 4.69) is 27.7 Å². The fraction of sp³-hybridized carbons (Fsp3) is 0.929. The predicted octanol–water partition coefficient (Wildman–Crippen LogP) is 2.40. The molecule has 0 bridgehead atoms. The van der Waals surface area contributed by atoms with Crippen molar-refractivity contribution in [2.75, 3.05) is 13.1 Å². The Hall–Kier alpha value is -0.570. The van der Waals surface area contributed by atoms with Crippen LogP contribution in [0.2, 0.25) is 0 Å². The Labute approximate surface area is 106 Å². The van der Waals surface area contributed by atoms with Gasteiger partial charge in [-0.1, -0.05) is 34.1 Å². The third kappa shape index (κ3) is 4.30. The number of carbonyl (C=O) groups excluding carboxylic acids is 1. The van der Waals surface area contributed by atoms with Gasteiger partial charge in [-0.2, -0.15) is 0 Å². The van der Waals surface area contributed by atoms with Crippen LogP contribution in [0.25, 0.3) is 0 Å². The lowest BCUT2D eigenvalue weighted by atomic mass is 9.86. The fourth-order valence-corrected chi connectivity index (χ4v) is 2.61. The molecule has 0 aromatic carbocycles. The van der Waals surface area contributed by atoms with Gasteiger partial charge in [-0.25, -0.2) is 0 Å². The van der Waals surface area contributed by atoms with Gasteiger partial charge in [0.05, 0.1) is 0 Å². The molecule has 3 heteroatoms. The van der Waals surface area contributed by atoms with E-state index in [-0.39, 0.29) is 17.4 Å². The Morgan fingerprint density at radius 1 is 1.41 bits per heavy atom. The molecule has 1 fully saturated rings. The standard InChI is InChI=1S/C14H28N2O/c1-5-11-6-7-16(12(8-11)10-15)13(17)9-14(2,3)4/h11-12H,5-10,15H2,1-4H3. The second-order valence-electron chi connectivity index (χ2n) is 6.51. The normalized spacial score (nSPS) is 26.1. The number of nitrogens with two attached hydrogens (primary N) is 1. The Morgan fingerprint density at radius 3 is 2.53 bits per heavy atom. The highest BCUT2D eigenvalue weighted by atomic mass is 16.2. The van der Waals surface area contributed by atoms with Crippen molar-refractivity contribution in [1.82, 2.24) is 4.90 Å². The summed E-state index contributed by atoms with van der Waals surface area (Å²) in [5, 5.41) is 0. The highest BCUT2D eigenvalue weighted by Crippen LogP contribution is 2.28. The number of rotatable bonds is 3. The molecule has 0 saturated carbocycles. The molecule has 1 rings (SSSR count). The van der Waals surface area contributed by atoms with E-state index < -0.39 is 0 Å². The summed E-state index contributed by atoms with van der Waals surface area (Å²) in [5.41, 5.74) is 5.89. The minimum absolute atomic E-state index is 0.0673. The van der Waals surface area contributed by atoms with Crippen molar-refractivity contribution < 1.29 is 4.79 Å². The molecule has 2 N–H and O–H groups in total. The number of nitrogens with zero attached hydrogens (tertiary/aromatic N) is 1. The van der Waals surface area contributed by atoms with Crippen LogP contribution in [0.15, 0.2) is 0 Å². The molecule has 1 saturated heterocycles. The average Bonchev–Trinajstić information content (AvgIpc) is 2.25. The van der Waals surface area contributed by atoms with Crippen LogP contribution in [0.3, 0.4) is 0 Å². The molecule has 1 heterocycles. The fourth-order valence-electron chi connectivity index (χ4n) is 2.61. The molecule has 0 aliphatic carbocycles. The summed E-state index contributed by atoms with van der Waals surface area (Å²) in [6, 6.07) is 0.267. The van der Waals surface area contributed by atoms with Gasteiger partial charge in [0.15, 0.2) is 0 Å². The molecule has 1 amide bonds. The van der Waals surface area contributed by atoms with E-state index >= 15 is 0 Å². The van der Waals surface area contributed by atoms with Crippen LogP contribution in [0.5, 0.6) is 0 Å². The Kier molecular flexibility index (Phi) is 4.99. The van der Waals surface area contributed by atoms with Crippen LogP contribution >= 0.6 is 0 Å². The maximum atomic E-state index is 12.2. The third-order valence-corrected chi connectivity index (χ3v) is 3.68. The van der Waals surface area contributed by atoms with Crippen LogP contribution in [0, 0.1) is 11.3 Å². The summed E-state index contributed by atoms with van der Waals surface area (Å²) in [6.07, 6.45) is 4.06. The van der Waals surface area contributed by atoms with Gasteiger partial charge in [0.1, 0.15) is 0 Å². The van der Waals surface area contributed by atoms with Crippen LogP contribution in [0.4, 0.5) is 0 Å². The Morgan fingerprint density at radius 2 is 2.06 bits per heavy atom. The van der Waals surface area contributed by atoms with E-state index in [0.717, 1.165) is 25.3 Å². The van der Waals surface area contributed by atoms with Crippen LogP contribution in [-0.4, -0.2) is 29.9 Å². The maximum absolute atomic E-state index is 12.2. The molecule has 0 radical (unpaired) electrons. The van der Waals surface area contributed by atoms with Crippen molar-refractivity contribution in [3.63, 3.8) is 0 Å². The molecule has 1 aliphatic rings. The van der Waals surface area contributed by atoms with Crippen molar-refractivity contribution in [3.8, 4) is 0 Å². The number of amides is 1. The second kappa shape index (κ2) is 5.85. The SMILES string of the molecule is CCC1CCN(C(=O)CC(C)(C)C)C(CN)C1. The first kappa shape index (κ1) is 14.5. The minimum Gasteiger partial charge on any atom is -0.338 e. The number of hydrogen-bond donors (Lipinski definition) is 1. The third-order valence-electron chi connectivity index (χ3n) is 3.68. The van der Waals surface area contributed by atoms with Crippen molar-refractivity contribution >= 4 is 5.91 Å². The summed E-state index contributed by atoms with van der Waals surface area (Å²) in [6.45, 7) is 10.1. The lowest BCUT2D eigenvalue weighted by Crippen LogP contribution is -2.50. The highest BCUT2D eigenvalue weighted by molar-refractivity contribution is 5.77. The average molecular weight is 240 g/mol. The smallest absolute Gasteiger partial charge is 0.223 e. The van der Waals surface area contributed by atoms with E-state index in [1.165, 1.54) is 6.42 Å². The zero-order valence-electron chi connectivity index (χ0n) is 11.8. The molecule has 2 atom stereocenters. The molecular weight excluding hydrogens is 212 g/mol. The van der Waals surface area contributed by atoms with Gasteiger partial charge < -0.3 is 10.6 Å². The zero-order chi connectivity index (χ0) is 13.1. The summed E-state index contributed by atoms with van der Waals surface area (Å²) in [4.78, 5) is 14.3. The molecule has 0 aromatic rings. The summed E-state index contributed by atoms with van der Waals surface area (Å²) in [5.74, 6) is 1.03. The zero-order valence-corrected chi connectivity index (χ0v) is 11.8. The van der Waals surface area contributed by atoms with Gasteiger partial charge in [0.25, 0.3) is 0 Å². The molecule has 1 aliphatic heterocycles. The molecule has 2 unspecified atom stereocenters. The van der Waals surface area contributed by atoms with Crippen LogP contribution in [-0.2, 0) is 4.79 Å². The van der Waals surface area contributed by atoms with Gasteiger partial charge in [0.2, 0.25) is 5.91 Å². The predicted molar refractivity (Wildman–Crippen MR) is 71.6 cm³/mol. The summed E-state index contributed by atoms with van der Waals surface area (Å²) in [7, 11) is 0. The van der Waals surface area contributed by atoms with Gasteiger partial charge >= 0.3 is 0 Å². The van der Waals surface area contributed by atoms with Crippen LogP contribution in [0.1, 0.15) is 53.4 Å². The topological polar surface area (TPSA) is 46.3 Å². The first-order valence-electron chi connectivity index (χ1n) is 6.87. The quantitative estimate of drug-likeness (QED) is 0.823. The number of carbonyl (C=O) groups is 1. The molecular formula is C14H28N2O. The Balaban J connectivity index is 2.60. The van der Waals surface area contributed by atoms with Gasteiger partial charge in [-0.15, -0.1) is 0 Å². The van der Waals surface area contributed by atoms with Gasteiger partial charge in [-0.3, -0.25) is 4.79 Å². The summed E-state index contributed by atoms with van der Waals surface area (Å²) >= 11 is 0. The van der Waals surface area contributed by atoms with Crippen molar-refractivity contribution in [2.45, 2.75) is 59.4 Å². The first-order valence-corrected chi connectivity index (χ1v) is 6.87. The van der Waals surface area contributed by atoms with E-state index in [1.807, 2.05) is 4.90 Å². The lowest BCUT2D eigenvalue weighted by molar-refractivity contribution is -0.137. The van der Waals surface area contributed by atoms with E-state index in [4.69, 9.17) is 5.73 Å². The van der Waals surface area contributed by atoms with E-state index in [1.54, 1.807) is 0 Å². The van der Waals surface area contributed by atoms with Crippen molar-refractivity contribution in [3.05, 3.63) is 0 Å². The van der Waals surface area contributed by atoms with E-state index in [9.17, 15) is 4.79 Å². The van der Waals surface area contributed by atoms with Crippen LogP contribution < -0.4 is 5.73 Å². The molecule has 17 heavy (non-hydrogen) atoms. The number of piperidine rings is 1. The maximum Gasteiger partial charge on any atom is 0.223 e. The first-order chi connectivity index (χ1) is 7.87. The Bertz CT molecular complexity index is 257. The molecule has 0 aromatic heterocycles. The minimum atomic E-state index is 0.0673. The van der Waals surface area contributed by atoms with Gasteiger partial charge in [-0.05, 0) is 24.2 Å². The molecule has 0 spiro atoms. The lowest BCUT2D eigenvalue weighted by Gasteiger charge is -2.40. The summed E-state index contributed by atoms with van der Waals surface area (Å²) < 4.78 is 0. The van der Waals surface area contributed by atoms with E-state index in [0.29, 0.717) is 13.0 Å². The van der Waals surface area contributed by atoms with Crippen molar-refractivity contribution in [2.24, 2.45) is 17.1 Å². The molecule has 100 valence electrons. The number of hydrogen-bond acceptors (Lipinski definition) is 2. The van der Waals surface area contributed by atoms with Gasteiger partial charge in [0, 0.05) is 25.6 Å². The molecule has 3 nitrogen and oxygen atoms in total. The monoisotopic (exact) mass is 240 g/mol. The highest BCUT2D eigenvalue weighted by Gasteiger charge is 2.31. The largest absolute Gasteiger partial charge is 0.338 e. The number of likely N-dealkylation sites (tertiary alicyclic amines) is 1. The second-order valence-corrected chi connectivity index (χ2v) is 6.51.